The van der Waals surface area contributed by atoms with Gasteiger partial charge in [-0.15, -0.1) is 0 Å². The normalized spacial score (nSPS) is 11.5. The quantitative estimate of drug-likeness (QED) is 0.415. The molecule has 0 aliphatic carbocycles. The fraction of sp³-hybridized carbons (Fsp3) is 0.0952. The number of amides is 1. The van der Waals surface area contributed by atoms with Gasteiger partial charge in [0.05, 0.1) is 15.4 Å². The number of halogens is 1. The zero-order chi connectivity index (χ0) is 22.2. The first-order valence-electron chi connectivity index (χ1n) is 9.25. The Hall–Kier alpha value is -3.43. The molecule has 4 aromatic rings. The van der Waals surface area contributed by atoms with Crippen LogP contribution in [0.4, 0.5) is 11.6 Å². The van der Waals surface area contributed by atoms with Gasteiger partial charge in [-0.25, -0.2) is 23.1 Å². The molecule has 3 N–H and O–H groups in total. The zero-order valence-corrected chi connectivity index (χ0v) is 18.2. The third kappa shape index (κ3) is 4.52. The topological polar surface area (TPSA) is 117 Å². The van der Waals surface area contributed by atoms with Gasteiger partial charge in [-0.2, -0.15) is 0 Å². The molecule has 0 fully saturated rings. The lowest BCUT2D eigenvalue weighted by atomic mass is 10.2. The van der Waals surface area contributed by atoms with E-state index < -0.39 is 10.0 Å². The minimum absolute atomic E-state index is 0.00681. The second-order valence-electron chi connectivity index (χ2n) is 6.95. The smallest absolute Gasteiger partial charge is 0.272 e. The largest absolute Gasteiger partial charge is 0.349 e. The van der Waals surface area contributed by atoms with E-state index in [9.17, 15) is 13.2 Å². The number of nitrogens with one attached hydrogen (secondary N) is 3. The average Bonchev–Trinajstić information content (AvgIpc) is 3.13. The maximum absolute atomic E-state index is 12.6. The molecule has 0 unspecified atom stereocenters. The van der Waals surface area contributed by atoms with Crippen molar-refractivity contribution < 1.29 is 13.2 Å². The second-order valence-corrected chi connectivity index (χ2v) is 9.03. The molecule has 8 nitrogen and oxygen atoms in total. The van der Waals surface area contributed by atoms with Crippen LogP contribution in [-0.2, 0) is 10.0 Å². The second kappa shape index (κ2) is 8.01. The number of benzene rings is 2. The number of hydrogen-bond acceptors (Lipinski definition) is 5. The van der Waals surface area contributed by atoms with Gasteiger partial charge in [0, 0.05) is 22.5 Å². The van der Waals surface area contributed by atoms with Crippen molar-refractivity contribution in [3.63, 3.8) is 0 Å². The predicted octanol–water partition coefficient (Wildman–Crippen LogP) is 4.28. The number of carbonyl (C=O) groups excluding carboxylic acids is 1. The van der Waals surface area contributed by atoms with E-state index in [4.69, 9.17) is 11.6 Å². The number of carbonyl (C=O) groups is 1. The number of hydrogen-bond donors (Lipinski definition) is 3. The standard InChI is InChI=1S/C21H18ClN5O3S/c1-12-10-13(2)24-21(23-12)27-31(29,30)16-8-6-15(7-9-16)25-20(28)18-11-14-4-3-5-17(22)19(14)26-18/h3-11,26H,1-2H3,(H,25,28)(H,23,24,27). The minimum atomic E-state index is -3.87. The molecule has 2 heterocycles. The average molecular weight is 456 g/mol. The van der Waals surface area contributed by atoms with Gasteiger partial charge < -0.3 is 10.3 Å². The molecule has 2 aromatic heterocycles. The number of para-hydroxylation sites is 1. The van der Waals surface area contributed by atoms with Crippen LogP contribution < -0.4 is 10.0 Å². The summed E-state index contributed by atoms with van der Waals surface area (Å²) in [6.45, 7) is 3.51. The van der Waals surface area contributed by atoms with Gasteiger partial charge in [-0.1, -0.05) is 23.7 Å². The van der Waals surface area contributed by atoms with Crippen molar-refractivity contribution in [1.82, 2.24) is 15.0 Å². The molecule has 0 radical (unpaired) electrons. The third-order valence-electron chi connectivity index (χ3n) is 4.48. The van der Waals surface area contributed by atoms with E-state index in [0.717, 1.165) is 5.39 Å². The summed E-state index contributed by atoms with van der Waals surface area (Å²) in [5, 5.41) is 4.07. The van der Waals surface area contributed by atoms with Crippen LogP contribution in [0.3, 0.4) is 0 Å². The SMILES string of the molecule is Cc1cc(C)nc(NS(=O)(=O)c2ccc(NC(=O)c3cc4cccc(Cl)c4[nH]3)cc2)n1. The summed E-state index contributed by atoms with van der Waals surface area (Å²) in [5.74, 6) is -0.364. The van der Waals surface area contributed by atoms with Gasteiger partial charge in [-0.05, 0) is 56.3 Å². The number of nitrogens with zero attached hydrogens (tertiary/aromatic N) is 2. The molecule has 0 saturated heterocycles. The molecule has 0 spiro atoms. The highest BCUT2D eigenvalue weighted by atomic mass is 35.5. The number of aromatic amines is 1. The van der Waals surface area contributed by atoms with Gasteiger partial charge in [-0.3, -0.25) is 4.79 Å². The van der Waals surface area contributed by atoms with E-state index in [-0.39, 0.29) is 16.8 Å². The van der Waals surface area contributed by atoms with Crippen LogP contribution in [0.2, 0.25) is 5.02 Å². The number of sulfonamides is 1. The van der Waals surface area contributed by atoms with Crippen LogP contribution in [-0.4, -0.2) is 29.3 Å². The molecule has 0 aliphatic rings. The molecular formula is C21H18ClN5O3S. The Balaban J connectivity index is 1.50. The molecule has 0 saturated carbocycles. The lowest BCUT2D eigenvalue weighted by Gasteiger charge is -2.09. The Morgan fingerprint density at radius 2 is 1.68 bits per heavy atom. The molecule has 0 aliphatic heterocycles. The number of H-pyrrole nitrogens is 1. The zero-order valence-electron chi connectivity index (χ0n) is 16.6. The summed E-state index contributed by atoms with van der Waals surface area (Å²) in [5.41, 5.74) is 2.77. The highest BCUT2D eigenvalue weighted by Crippen LogP contribution is 2.24. The monoisotopic (exact) mass is 455 g/mol. The summed E-state index contributed by atoms with van der Waals surface area (Å²) < 4.78 is 27.6. The highest BCUT2D eigenvalue weighted by Gasteiger charge is 2.17. The molecule has 31 heavy (non-hydrogen) atoms. The number of aromatic nitrogens is 3. The van der Waals surface area contributed by atoms with Crippen LogP contribution in [0.5, 0.6) is 0 Å². The molecule has 0 bridgehead atoms. The van der Waals surface area contributed by atoms with Crippen LogP contribution in [0.1, 0.15) is 21.9 Å². The summed E-state index contributed by atoms with van der Waals surface area (Å²) in [6, 6.07) is 14.6. The maximum Gasteiger partial charge on any atom is 0.272 e. The van der Waals surface area contributed by atoms with Crippen molar-refractivity contribution in [2.24, 2.45) is 0 Å². The number of rotatable bonds is 5. The van der Waals surface area contributed by atoms with E-state index in [2.05, 4.69) is 25.0 Å². The van der Waals surface area contributed by atoms with Crippen molar-refractivity contribution in [2.45, 2.75) is 18.7 Å². The van der Waals surface area contributed by atoms with Gasteiger partial charge in [0.15, 0.2) is 0 Å². The van der Waals surface area contributed by atoms with Crippen molar-refractivity contribution in [3.05, 3.63) is 76.7 Å². The molecule has 0 atom stereocenters. The van der Waals surface area contributed by atoms with E-state index in [1.807, 2.05) is 6.07 Å². The number of fused-ring (bicyclic) bond motifs is 1. The van der Waals surface area contributed by atoms with Crippen molar-refractivity contribution in [3.8, 4) is 0 Å². The van der Waals surface area contributed by atoms with E-state index in [1.165, 1.54) is 24.3 Å². The molecule has 158 valence electrons. The van der Waals surface area contributed by atoms with E-state index in [1.54, 1.807) is 38.1 Å². The van der Waals surface area contributed by atoms with Crippen LogP contribution in [0.25, 0.3) is 10.9 Å². The number of aryl methyl sites for hydroxylation is 2. The molecule has 2 aromatic carbocycles. The minimum Gasteiger partial charge on any atom is -0.349 e. The Labute approximate surface area is 183 Å². The van der Waals surface area contributed by atoms with E-state index >= 15 is 0 Å². The van der Waals surface area contributed by atoms with Crippen molar-refractivity contribution >= 4 is 50.1 Å². The van der Waals surface area contributed by atoms with Crippen LogP contribution in [0, 0.1) is 13.8 Å². The van der Waals surface area contributed by atoms with Gasteiger partial charge in [0.2, 0.25) is 5.95 Å². The Bertz CT molecular complexity index is 1380. The first-order chi connectivity index (χ1) is 14.7. The first-order valence-corrected chi connectivity index (χ1v) is 11.1. The Morgan fingerprint density at radius 3 is 2.32 bits per heavy atom. The van der Waals surface area contributed by atoms with Gasteiger partial charge in [0.25, 0.3) is 15.9 Å². The third-order valence-corrected chi connectivity index (χ3v) is 6.14. The Kier molecular flexibility index (Phi) is 5.38. The van der Waals surface area contributed by atoms with Gasteiger partial charge >= 0.3 is 0 Å². The summed E-state index contributed by atoms with van der Waals surface area (Å²) >= 11 is 6.14. The van der Waals surface area contributed by atoms with Crippen LogP contribution >= 0.6 is 11.6 Å². The summed E-state index contributed by atoms with van der Waals surface area (Å²) in [6.07, 6.45) is 0. The molecule has 4 rings (SSSR count). The van der Waals surface area contributed by atoms with Crippen molar-refractivity contribution in [1.29, 1.82) is 0 Å². The van der Waals surface area contributed by atoms with Crippen molar-refractivity contribution in [2.75, 3.05) is 10.0 Å². The lowest BCUT2D eigenvalue weighted by Crippen LogP contribution is -2.16. The lowest BCUT2D eigenvalue weighted by molar-refractivity contribution is 0.102. The molecule has 1 amide bonds. The predicted molar refractivity (Wildman–Crippen MR) is 120 cm³/mol. The molecule has 10 heteroatoms. The Morgan fingerprint density at radius 1 is 1.00 bits per heavy atom. The number of anilines is 2. The van der Waals surface area contributed by atoms with Crippen LogP contribution in [0.15, 0.2) is 59.5 Å². The molecular weight excluding hydrogens is 438 g/mol. The summed E-state index contributed by atoms with van der Waals surface area (Å²) in [7, 11) is -3.87. The fourth-order valence-electron chi connectivity index (χ4n) is 3.11. The first kappa shape index (κ1) is 20.8. The highest BCUT2D eigenvalue weighted by molar-refractivity contribution is 7.92. The van der Waals surface area contributed by atoms with E-state index in [0.29, 0.717) is 33.3 Å². The fourth-order valence-corrected chi connectivity index (χ4v) is 4.28. The van der Waals surface area contributed by atoms with Gasteiger partial charge in [0.1, 0.15) is 5.69 Å². The summed E-state index contributed by atoms with van der Waals surface area (Å²) in [4.78, 5) is 23.7. The maximum atomic E-state index is 12.6.